The summed E-state index contributed by atoms with van der Waals surface area (Å²) in [5, 5.41) is 6.75. The van der Waals surface area contributed by atoms with E-state index in [1.165, 1.54) is 0 Å². The van der Waals surface area contributed by atoms with Crippen LogP contribution in [0.15, 0.2) is 42.7 Å². The lowest BCUT2D eigenvalue weighted by Gasteiger charge is -2.40. The predicted molar refractivity (Wildman–Crippen MR) is 176 cm³/mol. The van der Waals surface area contributed by atoms with Crippen molar-refractivity contribution in [3.05, 3.63) is 53.9 Å². The van der Waals surface area contributed by atoms with Crippen LogP contribution in [-0.2, 0) is 23.2 Å². The predicted octanol–water partition coefficient (Wildman–Crippen LogP) is 2.48. The fourth-order valence-electron chi connectivity index (χ4n) is 7.48. The van der Waals surface area contributed by atoms with Crippen LogP contribution in [0.1, 0.15) is 41.6 Å². The number of benzene rings is 2. The van der Waals surface area contributed by atoms with Crippen LogP contribution in [-0.4, -0.2) is 96.3 Å². The fraction of sp³-hybridized carbons (Fsp3) is 0.471. The Bertz CT molecular complexity index is 1650. The first-order chi connectivity index (χ1) is 22.3. The van der Waals surface area contributed by atoms with Crippen molar-refractivity contribution >= 4 is 34.8 Å². The van der Waals surface area contributed by atoms with Gasteiger partial charge in [0.25, 0.3) is 5.91 Å². The Morgan fingerprint density at radius 1 is 0.957 bits per heavy atom. The summed E-state index contributed by atoms with van der Waals surface area (Å²) in [6.45, 7) is 7.33. The van der Waals surface area contributed by atoms with Gasteiger partial charge in [0.2, 0.25) is 11.8 Å². The van der Waals surface area contributed by atoms with Crippen molar-refractivity contribution < 1.29 is 19.1 Å². The second-order valence-corrected chi connectivity index (χ2v) is 13.0. The number of nitrogen functional groups attached to an aromatic ring is 1. The van der Waals surface area contributed by atoms with E-state index in [2.05, 4.69) is 37.2 Å². The normalized spacial score (nSPS) is 21.1. The quantitative estimate of drug-likeness (QED) is 0.300. The molecular formula is C34H42N8O4. The highest BCUT2D eigenvalue weighted by Crippen LogP contribution is 2.39. The topological polar surface area (TPSA) is 129 Å². The van der Waals surface area contributed by atoms with Crippen LogP contribution in [0.4, 0.5) is 17.1 Å². The molecule has 2 aromatic carbocycles. The standard InChI is InChI=1S/C34H42N8O4/c1-38-20-24(18-36-38)27-16-28(35)31(46-2)17-30(27)41-9-7-22(8-10-41)19-39-11-13-40(14-12-39)25-3-4-26-23(15-25)21-42(34(26)45)29-5-6-32(43)37-33(29)44/h3-4,15-18,20,22,29H,5-14,19,21,35H2,1-2H3,(H,37,43,44). The fourth-order valence-corrected chi connectivity index (χ4v) is 7.48. The van der Waals surface area contributed by atoms with Gasteiger partial charge in [0, 0.05) is 106 Å². The summed E-state index contributed by atoms with van der Waals surface area (Å²) in [5.74, 6) is 0.566. The van der Waals surface area contributed by atoms with Crippen molar-refractivity contribution in [1.82, 2.24) is 24.9 Å². The molecule has 1 aromatic heterocycles. The third-order valence-electron chi connectivity index (χ3n) is 10.1. The number of methoxy groups -OCH3 is 1. The Balaban J connectivity index is 0.932. The van der Waals surface area contributed by atoms with E-state index >= 15 is 0 Å². The molecule has 4 aliphatic heterocycles. The van der Waals surface area contributed by atoms with Crippen LogP contribution in [0, 0.1) is 5.92 Å². The molecule has 3 N–H and O–H groups in total. The number of fused-ring (bicyclic) bond motifs is 1. The summed E-state index contributed by atoms with van der Waals surface area (Å²) in [7, 11) is 3.59. The van der Waals surface area contributed by atoms with Crippen molar-refractivity contribution in [3.63, 3.8) is 0 Å². The largest absolute Gasteiger partial charge is 0.495 e. The van der Waals surface area contributed by atoms with Crippen LogP contribution in [0.3, 0.4) is 0 Å². The van der Waals surface area contributed by atoms with Crippen LogP contribution in [0.5, 0.6) is 5.75 Å². The smallest absolute Gasteiger partial charge is 0.255 e. The minimum atomic E-state index is -0.589. The van der Waals surface area contributed by atoms with Gasteiger partial charge in [-0.1, -0.05) is 0 Å². The summed E-state index contributed by atoms with van der Waals surface area (Å²) in [6, 6.07) is 9.52. The number of aromatic nitrogens is 2. The molecule has 1 unspecified atom stereocenters. The number of nitrogens with two attached hydrogens (primary N) is 1. The number of aryl methyl sites for hydroxylation is 1. The lowest BCUT2D eigenvalue weighted by molar-refractivity contribution is -0.136. The Labute approximate surface area is 269 Å². The lowest BCUT2D eigenvalue weighted by Crippen LogP contribution is -2.52. The number of nitrogens with zero attached hydrogens (tertiary/aromatic N) is 6. The number of hydrogen-bond acceptors (Lipinski definition) is 9. The highest BCUT2D eigenvalue weighted by Gasteiger charge is 2.39. The number of carbonyl (C=O) groups is 3. The van der Waals surface area contributed by atoms with E-state index in [9.17, 15) is 14.4 Å². The molecule has 0 radical (unpaired) electrons. The maximum Gasteiger partial charge on any atom is 0.255 e. The monoisotopic (exact) mass is 626 g/mol. The molecule has 1 atom stereocenters. The van der Waals surface area contributed by atoms with Gasteiger partial charge in [0.15, 0.2) is 0 Å². The molecule has 242 valence electrons. The maximum atomic E-state index is 13.1. The minimum absolute atomic E-state index is 0.129. The zero-order chi connectivity index (χ0) is 31.9. The number of carbonyl (C=O) groups excluding carboxylic acids is 3. The highest BCUT2D eigenvalue weighted by atomic mass is 16.5. The summed E-state index contributed by atoms with van der Waals surface area (Å²) in [5.41, 5.74) is 12.9. The Morgan fingerprint density at radius 3 is 2.43 bits per heavy atom. The molecule has 4 aliphatic rings. The summed E-state index contributed by atoms with van der Waals surface area (Å²) in [6.07, 6.45) is 6.80. The molecule has 3 amide bonds. The molecule has 3 aromatic rings. The molecular weight excluding hydrogens is 584 g/mol. The Kier molecular flexibility index (Phi) is 8.06. The van der Waals surface area contributed by atoms with Gasteiger partial charge < -0.3 is 25.2 Å². The molecule has 7 rings (SSSR count). The van der Waals surface area contributed by atoms with Gasteiger partial charge in [-0.2, -0.15) is 5.10 Å². The van der Waals surface area contributed by atoms with Gasteiger partial charge in [-0.15, -0.1) is 0 Å². The minimum Gasteiger partial charge on any atom is -0.495 e. The van der Waals surface area contributed by atoms with Crippen molar-refractivity contribution in [3.8, 4) is 16.9 Å². The maximum absolute atomic E-state index is 13.1. The van der Waals surface area contributed by atoms with E-state index in [0.29, 0.717) is 35.9 Å². The van der Waals surface area contributed by atoms with Gasteiger partial charge in [0.05, 0.1) is 19.0 Å². The van der Waals surface area contributed by atoms with Crippen LogP contribution in [0.2, 0.25) is 0 Å². The number of amides is 3. The second kappa shape index (κ2) is 12.3. The average molecular weight is 627 g/mol. The summed E-state index contributed by atoms with van der Waals surface area (Å²) in [4.78, 5) is 46.1. The first kappa shape index (κ1) is 30.1. The van der Waals surface area contributed by atoms with Crippen molar-refractivity contribution in [2.45, 2.75) is 38.3 Å². The molecule has 0 aliphatic carbocycles. The first-order valence-corrected chi connectivity index (χ1v) is 16.2. The third-order valence-corrected chi connectivity index (χ3v) is 10.1. The molecule has 5 heterocycles. The zero-order valence-electron chi connectivity index (χ0n) is 26.6. The van der Waals surface area contributed by atoms with E-state index in [1.807, 2.05) is 42.3 Å². The van der Waals surface area contributed by atoms with Gasteiger partial charge in [-0.3, -0.25) is 29.3 Å². The molecule has 3 saturated heterocycles. The van der Waals surface area contributed by atoms with Crippen molar-refractivity contribution in [2.24, 2.45) is 13.0 Å². The molecule has 46 heavy (non-hydrogen) atoms. The van der Waals surface area contributed by atoms with Gasteiger partial charge in [-0.25, -0.2) is 0 Å². The number of nitrogens with one attached hydrogen (secondary N) is 1. The van der Waals surface area contributed by atoms with Gasteiger partial charge in [0.1, 0.15) is 11.8 Å². The van der Waals surface area contributed by atoms with Gasteiger partial charge in [-0.05, 0) is 55.0 Å². The number of rotatable bonds is 7. The van der Waals surface area contributed by atoms with Crippen LogP contribution >= 0.6 is 0 Å². The van der Waals surface area contributed by atoms with E-state index in [0.717, 1.165) is 86.7 Å². The van der Waals surface area contributed by atoms with Gasteiger partial charge >= 0.3 is 0 Å². The third kappa shape index (κ3) is 5.77. The molecule has 12 heteroatoms. The second-order valence-electron chi connectivity index (χ2n) is 13.0. The SMILES string of the molecule is COc1cc(N2CCC(CN3CCN(c4ccc5c(c4)CN(C4CCC(=O)NC4=O)C5=O)CC3)CC2)c(-c2cnn(C)c2)cc1N. The number of hydrogen-bond donors (Lipinski definition) is 2. The van der Waals surface area contributed by atoms with E-state index in [1.54, 1.807) is 12.0 Å². The number of ether oxygens (including phenoxy) is 1. The van der Waals surface area contributed by atoms with Crippen LogP contribution < -0.4 is 25.6 Å². The van der Waals surface area contributed by atoms with Crippen molar-refractivity contribution in [2.75, 3.05) is 68.5 Å². The number of anilines is 3. The molecule has 0 spiro atoms. The zero-order valence-corrected chi connectivity index (χ0v) is 26.6. The molecule has 0 bridgehead atoms. The first-order valence-electron chi connectivity index (χ1n) is 16.2. The Hall–Kier alpha value is -4.58. The highest BCUT2D eigenvalue weighted by molar-refractivity contribution is 6.05. The summed E-state index contributed by atoms with van der Waals surface area (Å²) >= 11 is 0. The molecule has 3 fully saturated rings. The lowest BCUT2D eigenvalue weighted by atomic mass is 9.94. The summed E-state index contributed by atoms with van der Waals surface area (Å²) < 4.78 is 7.39. The van der Waals surface area contributed by atoms with E-state index in [-0.39, 0.29) is 24.1 Å². The molecule has 12 nitrogen and oxygen atoms in total. The number of piperidine rings is 2. The van der Waals surface area contributed by atoms with E-state index in [4.69, 9.17) is 10.5 Å². The number of piperazine rings is 1. The Morgan fingerprint density at radius 2 is 1.74 bits per heavy atom. The van der Waals surface area contributed by atoms with E-state index < -0.39 is 6.04 Å². The average Bonchev–Trinajstić information content (AvgIpc) is 3.64. The van der Waals surface area contributed by atoms with Crippen molar-refractivity contribution in [1.29, 1.82) is 0 Å². The molecule has 0 saturated carbocycles. The number of imide groups is 1. The van der Waals surface area contributed by atoms with Crippen LogP contribution in [0.25, 0.3) is 11.1 Å².